The summed E-state index contributed by atoms with van der Waals surface area (Å²) in [5, 5.41) is 6.66. The van der Waals surface area contributed by atoms with Crippen LogP contribution in [0.15, 0.2) is 4.99 Å². The van der Waals surface area contributed by atoms with E-state index in [0.29, 0.717) is 6.10 Å². The number of hydrogen-bond donors (Lipinski definition) is 2. The highest BCUT2D eigenvalue weighted by molar-refractivity contribution is 5.79. The molecule has 22 heavy (non-hydrogen) atoms. The van der Waals surface area contributed by atoms with E-state index in [0.717, 1.165) is 57.6 Å². The molecule has 0 aromatic heterocycles. The molecule has 2 saturated carbocycles. The fourth-order valence-corrected chi connectivity index (χ4v) is 2.72. The summed E-state index contributed by atoms with van der Waals surface area (Å²) in [5.41, 5.74) is 0. The highest BCUT2D eigenvalue weighted by Gasteiger charge is 2.20. The van der Waals surface area contributed by atoms with E-state index in [9.17, 15) is 0 Å². The van der Waals surface area contributed by atoms with Crippen LogP contribution in [0.3, 0.4) is 0 Å². The third-order valence-electron chi connectivity index (χ3n) is 4.30. The van der Waals surface area contributed by atoms with E-state index in [1.165, 1.54) is 38.5 Å². The van der Waals surface area contributed by atoms with Gasteiger partial charge in [-0.25, -0.2) is 0 Å². The molecule has 5 nitrogen and oxygen atoms in total. The standard InChI is InChI=1S/C17H33N3O2/c1-18-17(19-10-4-12-21-14-15-8-9-15)20-11-5-13-22-16-6-2-3-7-16/h15-16H,2-14H2,1H3,(H2,18,19,20). The van der Waals surface area contributed by atoms with Crippen LogP contribution in [0.5, 0.6) is 0 Å². The van der Waals surface area contributed by atoms with Gasteiger partial charge < -0.3 is 20.1 Å². The van der Waals surface area contributed by atoms with E-state index in [1.54, 1.807) is 0 Å². The van der Waals surface area contributed by atoms with Crippen molar-refractivity contribution in [2.75, 3.05) is 40.0 Å². The lowest BCUT2D eigenvalue weighted by Crippen LogP contribution is -2.38. The molecule has 2 rings (SSSR count). The minimum atomic E-state index is 0.521. The van der Waals surface area contributed by atoms with Crippen LogP contribution in [0, 0.1) is 5.92 Å². The Morgan fingerprint density at radius 2 is 1.68 bits per heavy atom. The van der Waals surface area contributed by atoms with Gasteiger partial charge in [0.05, 0.1) is 6.10 Å². The summed E-state index contributed by atoms with van der Waals surface area (Å²) in [6.07, 6.45) is 10.5. The van der Waals surface area contributed by atoms with Crippen molar-refractivity contribution in [3.8, 4) is 0 Å². The largest absolute Gasteiger partial charge is 0.381 e. The topological polar surface area (TPSA) is 54.9 Å². The first kappa shape index (κ1) is 17.5. The third kappa shape index (κ3) is 7.99. The Bertz CT molecular complexity index is 313. The van der Waals surface area contributed by atoms with Crippen molar-refractivity contribution in [1.29, 1.82) is 0 Å². The van der Waals surface area contributed by atoms with Crippen LogP contribution in [0.4, 0.5) is 0 Å². The molecule has 0 bridgehead atoms. The van der Waals surface area contributed by atoms with Gasteiger partial charge in [-0.1, -0.05) is 12.8 Å². The Morgan fingerprint density at radius 3 is 2.32 bits per heavy atom. The average molecular weight is 311 g/mol. The van der Waals surface area contributed by atoms with E-state index < -0.39 is 0 Å². The van der Waals surface area contributed by atoms with Gasteiger partial charge in [-0.3, -0.25) is 4.99 Å². The molecule has 0 spiro atoms. The molecule has 0 radical (unpaired) electrons. The molecule has 2 fully saturated rings. The highest BCUT2D eigenvalue weighted by Crippen LogP contribution is 2.28. The summed E-state index contributed by atoms with van der Waals surface area (Å²) < 4.78 is 11.5. The molecule has 0 amide bonds. The second-order valence-electron chi connectivity index (χ2n) is 6.43. The smallest absolute Gasteiger partial charge is 0.190 e. The molecule has 5 heteroatoms. The molecule has 0 aliphatic heterocycles. The lowest BCUT2D eigenvalue weighted by atomic mass is 10.3. The Kier molecular flexibility index (Phi) is 8.64. The predicted molar refractivity (Wildman–Crippen MR) is 90.3 cm³/mol. The zero-order valence-corrected chi connectivity index (χ0v) is 14.1. The highest BCUT2D eigenvalue weighted by atomic mass is 16.5. The number of guanidine groups is 1. The maximum absolute atomic E-state index is 5.85. The van der Waals surface area contributed by atoms with Gasteiger partial charge >= 0.3 is 0 Å². The Labute approximate surface area is 135 Å². The lowest BCUT2D eigenvalue weighted by Gasteiger charge is -2.13. The van der Waals surface area contributed by atoms with E-state index in [-0.39, 0.29) is 0 Å². The number of hydrogen-bond acceptors (Lipinski definition) is 3. The number of rotatable bonds is 11. The Morgan fingerprint density at radius 1 is 1.00 bits per heavy atom. The first-order chi connectivity index (χ1) is 10.9. The molecular weight excluding hydrogens is 278 g/mol. The van der Waals surface area contributed by atoms with Gasteiger partial charge in [0.2, 0.25) is 0 Å². The quantitative estimate of drug-likeness (QED) is 0.349. The van der Waals surface area contributed by atoms with Crippen LogP contribution in [0.2, 0.25) is 0 Å². The summed E-state index contributed by atoms with van der Waals surface area (Å²) in [6, 6.07) is 0. The number of nitrogens with zero attached hydrogens (tertiary/aromatic N) is 1. The maximum Gasteiger partial charge on any atom is 0.190 e. The fraction of sp³-hybridized carbons (Fsp3) is 0.941. The molecule has 2 aliphatic carbocycles. The van der Waals surface area contributed by atoms with Gasteiger partial charge in [0, 0.05) is 40.0 Å². The van der Waals surface area contributed by atoms with E-state index >= 15 is 0 Å². The summed E-state index contributed by atoms with van der Waals surface area (Å²) in [4.78, 5) is 4.23. The average Bonchev–Trinajstić information content (AvgIpc) is 3.21. The van der Waals surface area contributed by atoms with Gasteiger partial charge in [0.25, 0.3) is 0 Å². The first-order valence-electron chi connectivity index (χ1n) is 9.02. The molecule has 0 heterocycles. The predicted octanol–water partition coefficient (Wildman–Crippen LogP) is 2.32. The molecule has 0 aromatic carbocycles. The summed E-state index contributed by atoms with van der Waals surface area (Å²) in [7, 11) is 1.81. The number of nitrogens with one attached hydrogen (secondary N) is 2. The minimum Gasteiger partial charge on any atom is -0.381 e. The van der Waals surface area contributed by atoms with Crippen LogP contribution in [0.1, 0.15) is 51.4 Å². The van der Waals surface area contributed by atoms with Crippen molar-refractivity contribution >= 4 is 5.96 Å². The first-order valence-corrected chi connectivity index (χ1v) is 9.02. The van der Waals surface area contributed by atoms with Crippen LogP contribution < -0.4 is 10.6 Å². The van der Waals surface area contributed by atoms with Gasteiger partial charge in [-0.15, -0.1) is 0 Å². The van der Waals surface area contributed by atoms with Gasteiger partial charge in [-0.2, -0.15) is 0 Å². The van der Waals surface area contributed by atoms with Gasteiger partial charge in [0.15, 0.2) is 5.96 Å². The third-order valence-corrected chi connectivity index (χ3v) is 4.30. The monoisotopic (exact) mass is 311 g/mol. The minimum absolute atomic E-state index is 0.521. The van der Waals surface area contributed by atoms with Gasteiger partial charge in [-0.05, 0) is 44.4 Å². The van der Waals surface area contributed by atoms with Crippen LogP contribution in [-0.4, -0.2) is 52.0 Å². The zero-order valence-electron chi connectivity index (χ0n) is 14.1. The SMILES string of the molecule is CN=C(NCCCOCC1CC1)NCCCOC1CCCC1. The van der Waals surface area contributed by atoms with E-state index in [2.05, 4.69) is 15.6 Å². The van der Waals surface area contributed by atoms with Gasteiger partial charge in [0.1, 0.15) is 0 Å². The molecule has 2 N–H and O–H groups in total. The van der Waals surface area contributed by atoms with Crippen LogP contribution >= 0.6 is 0 Å². The van der Waals surface area contributed by atoms with Crippen molar-refractivity contribution in [3.63, 3.8) is 0 Å². The molecule has 128 valence electrons. The Hall–Kier alpha value is -0.810. The van der Waals surface area contributed by atoms with Crippen molar-refractivity contribution in [2.45, 2.75) is 57.5 Å². The van der Waals surface area contributed by atoms with Crippen molar-refractivity contribution < 1.29 is 9.47 Å². The molecular formula is C17H33N3O2. The molecule has 0 unspecified atom stereocenters. The molecule has 0 atom stereocenters. The summed E-state index contributed by atoms with van der Waals surface area (Å²) >= 11 is 0. The number of ether oxygens (including phenoxy) is 2. The van der Waals surface area contributed by atoms with Crippen molar-refractivity contribution in [1.82, 2.24) is 10.6 Å². The van der Waals surface area contributed by atoms with Crippen molar-refractivity contribution in [2.24, 2.45) is 10.9 Å². The lowest BCUT2D eigenvalue weighted by molar-refractivity contribution is 0.0574. The van der Waals surface area contributed by atoms with Crippen LogP contribution in [0.25, 0.3) is 0 Å². The maximum atomic E-state index is 5.85. The fourth-order valence-electron chi connectivity index (χ4n) is 2.72. The number of aliphatic imine (C=N–C) groups is 1. The van der Waals surface area contributed by atoms with Crippen molar-refractivity contribution in [3.05, 3.63) is 0 Å². The van der Waals surface area contributed by atoms with E-state index in [1.807, 2.05) is 7.05 Å². The summed E-state index contributed by atoms with van der Waals surface area (Å²) in [6.45, 7) is 4.46. The second-order valence-corrected chi connectivity index (χ2v) is 6.43. The molecule has 0 aromatic rings. The molecule has 0 saturated heterocycles. The van der Waals surface area contributed by atoms with Crippen LogP contribution in [-0.2, 0) is 9.47 Å². The molecule has 2 aliphatic rings. The second kappa shape index (κ2) is 10.8. The zero-order chi connectivity index (χ0) is 15.5. The summed E-state index contributed by atoms with van der Waals surface area (Å²) in [5.74, 6) is 1.73. The van der Waals surface area contributed by atoms with E-state index in [4.69, 9.17) is 9.47 Å². The normalized spacial score (nSPS) is 19.6. The Balaban J connectivity index is 1.37.